The van der Waals surface area contributed by atoms with E-state index in [1.807, 2.05) is 0 Å². The maximum absolute atomic E-state index is 4.76. The van der Waals surface area contributed by atoms with E-state index in [2.05, 4.69) is 114 Å². The van der Waals surface area contributed by atoms with E-state index in [1.54, 1.807) is 12.4 Å². The Bertz CT molecular complexity index is 1610. The van der Waals surface area contributed by atoms with Gasteiger partial charge in [-0.15, -0.1) is 0 Å². The van der Waals surface area contributed by atoms with Gasteiger partial charge in [-0.1, -0.05) is 84.9 Å². The fraction of sp³-hybridized carbons (Fsp3) is 0.0968. The molecule has 0 N–H and O–H groups in total. The van der Waals surface area contributed by atoms with Crippen LogP contribution in [0.2, 0.25) is 0 Å². The Hall–Kier alpha value is -4.44. The van der Waals surface area contributed by atoms with E-state index in [-0.39, 0.29) is 0 Å². The average molecular weight is 453 g/mol. The van der Waals surface area contributed by atoms with E-state index in [9.17, 15) is 0 Å². The minimum atomic E-state index is 0.705. The summed E-state index contributed by atoms with van der Waals surface area (Å²) in [5.74, 6) is 1.81. The van der Waals surface area contributed by atoms with Crippen LogP contribution in [-0.2, 0) is 0 Å². The van der Waals surface area contributed by atoms with Gasteiger partial charge in [0.05, 0.1) is 12.4 Å². The molecule has 4 heteroatoms. The first-order valence-electron chi connectivity index (χ1n) is 11.9. The molecule has 168 valence electrons. The molecule has 7 rings (SSSR count). The highest BCUT2D eigenvalue weighted by molar-refractivity contribution is 6.07. The van der Waals surface area contributed by atoms with Crippen molar-refractivity contribution in [2.24, 2.45) is 0 Å². The number of anilines is 3. The summed E-state index contributed by atoms with van der Waals surface area (Å²) in [5, 5.41) is 0. The second-order valence-electron chi connectivity index (χ2n) is 9.26. The fourth-order valence-corrected chi connectivity index (χ4v) is 5.69. The molecule has 0 atom stereocenters. The normalized spacial score (nSPS) is 13.2. The number of rotatable bonds is 1. The van der Waals surface area contributed by atoms with Gasteiger partial charge in [0.25, 0.3) is 0 Å². The lowest BCUT2D eigenvalue weighted by molar-refractivity contribution is 0.933. The third-order valence-electron chi connectivity index (χ3n) is 7.20. The molecule has 0 saturated carbocycles. The number of aryl methyl sites for hydroxylation is 1. The Kier molecular flexibility index (Phi) is 4.30. The molecule has 0 fully saturated rings. The summed E-state index contributed by atoms with van der Waals surface area (Å²) in [5.41, 5.74) is 12.4. The monoisotopic (exact) mass is 452 g/mol. The lowest BCUT2D eigenvalue weighted by atomic mass is 9.79. The molecule has 1 aliphatic heterocycles. The Labute approximate surface area is 205 Å². The van der Waals surface area contributed by atoms with Crippen LogP contribution in [-0.4, -0.2) is 23.7 Å². The predicted molar refractivity (Wildman–Crippen MR) is 144 cm³/mol. The lowest BCUT2D eigenvalue weighted by Crippen LogP contribution is -2.25. The highest BCUT2D eigenvalue weighted by atomic mass is 15.4. The predicted octanol–water partition coefficient (Wildman–Crippen LogP) is 7.31. The average Bonchev–Trinajstić information content (AvgIpc) is 3.24. The van der Waals surface area contributed by atoms with Crippen LogP contribution in [0.4, 0.5) is 17.3 Å². The zero-order chi connectivity index (χ0) is 23.5. The van der Waals surface area contributed by atoms with Gasteiger partial charge in [-0.05, 0) is 51.4 Å². The molecule has 2 heterocycles. The molecule has 5 aromatic rings. The molecule has 4 aromatic carbocycles. The molecular formula is C31H24N4. The zero-order valence-corrected chi connectivity index (χ0v) is 19.7. The summed E-state index contributed by atoms with van der Waals surface area (Å²) in [6.07, 6.45) is 3.55. The van der Waals surface area contributed by atoms with Crippen molar-refractivity contribution in [3.05, 3.63) is 103 Å². The van der Waals surface area contributed by atoms with Crippen LogP contribution in [0.1, 0.15) is 5.56 Å². The van der Waals surface area contributed by atoms with Crippen molar-refractivity contribution < 1.29 is 0 Å². The second kappa shape index (κ2) is 7.54. The van der Waals surface area contributed by atoms with Crippen LogP contribution in [0.15, 0.2) is 97.3 Å². The molecule has 1 aromatic heterocycles. The summed E-state index contributed by atoms with van der Waals surface area (Å²) in [6.45, 7) is 2.91. The van der Waals surface area contributed by atoms with E-state index in [0.717, 1.165) is 11.6 Å². The largest absolute Gasteiger partial charge is 0.338 e. The molecule has 0 radical (unpaired) electrons. The maximum Gasteiger partial charge on any atom is 0.178 e. The summed E-state index contributed by atoms with van der Waals surface area (Å²) in [7, 11) is 2.08. The molecule has 0 spiro atoms. The van der Waals surface area contributed by atoms with Crippen molar-refractivity contribution in [2.75, 3.05) is 23.5 Å². The molecule has 1 aliphatic carbocycles. The highest BCUT2D eigenvalue weighted by Gasteiger charge is 2.32. The molecule has 0 saturated heterocycles. The molecule has 0 unspecified atom stereocenters. The molecule has 2 aliphatic rings. The van der Waals surface area contributed by atoms with Crippen molar-refractivity contribution in [1.82, 2.24) is 9.97 Å². The summed E-state index contributed by atoms with van der Waals surface area (Å²) < 4.78 is 0. The number of nitrogens with zero attached hydrogens (tertiary/aromatic N) is 4. The SMILES string of the molecule is Cc1ccc2c(c1N1CN(C)c3nccnc31)-c1ccccc1-c1ccccc1-c1ccccc1-2. The molecule has 4 nitrogen and oxygen atoms in total. The summed E-state index contributed by atoms with van der Waals surface area (Å²) >= 11 is 0. The standard InChI is InChI=1S/C31H24N4/c1-20-15-16-27-25-13-6-5-11-23(25)21-9-3-4-10-22(21)24-12-7-8-14-26(24)28(27)29(20)35-19-34(2)30-31(35)33-18-17-32-30/h3-18H,19H2,1-2H3. The maximum atomic E-state index is 4.76. The minimum absolute atomic E-state index is 0.705. The van der Waals surface area contributed by atoms with E-state index in [4.69, 9.17) is 4.98 Å². The zero-order valence-electron chi connectivity index (χ0n) is 19.7. The van der Waals surface area contributed by atoms with Crippen molar-refractivity contribution in [2.45, 2.75) is 6.92 Å². The first-order valence-corrected chi connectivity index (χ1v) is 11.9. The molecule has 0 amide bonds. The van der Waals surface area contributed by atoms with Crippen LogP contribution < -0.4 is 9.80 Å². The molecular weight excluding hydrogens is 428 g/mol. The Morgan fingerprint density at radius 1 is 0.571 bits per heavy atom. The van der Waals surface area contributed by atoms with Crippen LogP contribution >= 0.6 is 0 Å². The summed E-state index contributed by atoms with van der Waals surface area (Å²) in [6, 6.07) is 30.9. The van der Waals surface area contributed by atoms with E-state index >= 15 is 0 Å². The highest BCUT2D eigenvalue weighted by Crippen LogP contribution is 2.53. The minimum Gasteiger partial charge on any atom is -0.338 e. The van der Waals surface area contributed by atoms with E-state index in [0.29, 0.717) is 6.67 Å². The van der Waals surface area contributed by atoms with Crippen LogP contribution in [0, 0.1) is 6.92 Å². The number of hydrogen-bond donors (Lipinski definition) is 0. The van der Waals surface area contributed by atoms with E-state index in [1.165, 1.54) is 55.8 Å². The third kappa shape index (κ3) is 2.86. The van der Waals surface area contributed by atoms with Gasteiger partial charge in [0, 0.05) is 25.0 Å². The van der Waals surface area contributed by atoms with Gasteiger partial charge in [0.1, 0.15) is 0 Å². The van der Waals surface area contributed by atoms with Crippen molar-refractivity contribution >= 4 is 17.3 Å². The fourth-order valence-electron chi connectivity index (χ4n) is 5.69. The Balaban J connectivity index is 1.63. The Morgan fingerprint density at radius 2 is 1.06 bits per heavy atom. The first kappa shape index (κ1) is 20.0. The third-order valence-corrected chi connectivity index (χ3v) is 7.20. The smallest absolute Gasteiger partial charge is 0.178 e. The van der Waals surface area contributed by atoms with Gasteiger partial charge >= 0.3 is 0 Å². The van der Waals surface area contributed by atoms with Gasteiger partial charge in [0.2, 0.25) is 0 Å². The van der Waals surface area contributed by atoms with Gasteiger partial charge in [0.15, 0.2) is 11.6 Å². The van der Waals surface area contributed by atoms with Gasteiger partial charge in [-0.2, -0.15) is 0 Å². The molecule has 0 bridgehead atoms. The van der Waals surface area contributed by atoms with Crippen molar-refractivity contribution in [3.63, 3.8) is 0 Å². The van der Waals surface area contributed by atoms with Gasteiger partial charge in [-0.25, -0.2) is 9.97 Å². The number of fused-ring (bicyclic) bond motifs is 9. The lowest BCUT2D eigenvalue weighted by Gasteiger charge is -2.29. The second-order valence-corrected chi connectivity index (χ2v) is 9.26. The number of benzene rings is 4. The van der Waals surface area contributed by atoms with Crippen LogP contribution in [0.25, 0.3) is 44.5 Å². The van der Waals surface area contributed by atoms with Crippen molar-refractivity contribution in [3.8, 4) is 44.5 Å². The van der Waals surface area contributed by atoms with Gasteiger partial charge < -0.3 is 9.80 Å². The number of hydrogen-bond acceptors (Lipinski definition) is 4. The van der Waals surface area contributed by atoms with Crippen LogP contribution in [0.3, 0.4) is 0 Å². The summed E-state index contributed by atoms with van der Waals surface area (Å²) in [4.78, 5) is 13.9. The van der Waals surface area contributed by atoms with E-state index < -0.39 is 0 Å². The van der Waals surface area contributed by atoms with Gasteiger partial charge in [-0.3, -0.25) is 0 Å². The Morgan fingerprint density at radius 3 is 1.66 bits per heavy atom. The van der Waals surface area contributed by atoms with Crippen molar-refractivity contribution in [1.29, 1.82) is 0 Å². The quantitative estimate of drug-likeness (QED) is 0.262. The first-order chi connectivity index (χ1) is 17.2. The van der Waals surface area contributed by atoms with Crippen LogP contribution in [0.5, 0.6) is 0 Å². The topological polar surface area (TPSA) is 32.3 Å². The molecule has 35 heavy (non-hydrogen) atoms. The number of aromatic nitrogens is 2.